The van der Waals surface area contributed by atoms with Crippen molar-refractivity contribution in [2.45, 2.75) is 20.3 Å². The lowest BCUT2D eigenvalue weighted by Crippen LogP contribution is -2.29. The number of pyridine rings is 1. The first kappa shape index (κ1) is 13.9. The van der Waals surface area contributed by atoms with Gasteiger partial charge in [0.15, 0.2) is 5.82 Å². The van der Waals surface area contributed by atoms with Crippen LogP contribution in [0.4, 0.5) is 5.82 Å². The van der Waals surface area contributed by atoms with Gasteiger partial charge in [-0.2, -0.15) is 0 Å². The van der Waals surface area contributed by atoms with E-state index in [1.807, 2.05) is 0 Å². The number of nitrogens with one attached hydrogen (secondary N) is 2. The minimum Gasteiger partial charge on any atom is -0.352 e. The number of carbonyl (C=O) groups is 1. The van der Waals surface area contributed by atoms with Crippen molar-refractivity contribution in [2.75, 3.05) is 12.0 Å². The molecule has 94 valence electrons. The van der Waals surface area contributed by atoms with Crippen LogP contribution in [0.25, 0.3) is 0 Å². The maximum Gasteiger partial charge on any atom is 0.255 e. The van der Waals surface area contributed by atoms with Gasteiger partial charge in [0.05, 0.1) is 5.56 Å². The Labute approximate surface area is 109 Å². The highest BCUT2D eigenvalue weighted by Crippen LogP contribution is 2.17. The highest BCUT2D eigenvalue weighted by Gasteiger charge is 2.13. The van der Waals surface area contributed by atoms with Crippen LogP contribution in [0.15, 0.2) is 16.7 Å². The van der Waals surface area contributed by atoms with Crippen LogP contribution in [0.3, 0.4) is 0 Å². The summed E-state index contributed by atoms with van der Waals surface area (Å²) in [5.74, 6) is 5.96. The van der Waals surface area contributed by atoms with Gasteiger partial charge in [-0.3, -0.25) is 4.79 Å². The molecule has 0 radical (unpaired) electrons. The Bertz CT molecular complexity index is 397. The lowest BCUT2D eigenvalue weighted by Gasteiger charge is -2.12. The van der Waals surface area contributed by atoms with Crippen molar-refractivity contribution >= 4 is 27.7 Å². The van der Waals surface area contributed by atoms with E-state index in [0.717, 1.165) is 10.9 Å². The molecule has 0 aromatic carbocycles. The van der Waals surface area contributed by atoms with Gasteiger partial charge in [0.2, 0.25) is 0 Å². The quantitative estimate of drug-likeness (QED) is 0.573. The molecule has 5 nitrogen and oxygen atoms in total. The highest BCUT2D eigenvalue weighted by atomic mass is 79.9. The monoisotopic (exact) mass is 300 g/mol. The van der Waals surface area contributed by atoms with Crippen LogP contribution in [0, 0.1) is 5.92 Å². The molecule has 1 atom stereocenters. The summed E-state index contributed by atoms with van der Waals surface area (Å²) in [6, 6.07) is 1.69. The van der Waals surface area contributed by atoms with Crippen molar-refractivity contribution in [1.82, 2.24) is 10.3 Å². The molecule has 0 aliphatic rings. The molecule has 0 fully saturated rings. The summed E-state index contributed by atoms with van der Waals surface area (Å²) >= 11 is 3.28. The number of nitrogen functional groups attached to an aromatic ring is 1. The van der Waals surface area contributed by atoms with Gasteiger partial charge >= 0.3 is 0 Å². The van der Waals surface area contributed by atoms with Crippen molar-refractivity contribution in [2.24, 2.45) is 11.8 Å². The van der Waals surface area contributed by atoms with E-state index in [-0.39, 0.29) is 5.91 Å². The molecule has 1 aromatic rings. The Morgan fingerprint density at radius 2 is 2.35 bits per heavy atom. The fourth-order valence-corrected chi connectivity index (χ4v) is 1.57. The van der Waals surface area contributed by atoms with Crippen molar-refractivity contribution in [1.29, 1.82) is 0 Å². The standard InChI is InChI=1S/C11H17BrN4O/c1-3-7(2)5-15-11(17)9-4-8(12)6-14-10(9)16-13/h4,6-7H,3,5,13H2,1-2H3,(H,14,16)(H,15,17). The van der Waals surface area contributed by atoms with Crippen LogP contribution in [-0.2, 0) is 0 Å². The third-order valence-electron chi connectivity index (χ3n) is 2.54. The van der Waals surface area contributed by atoms with Crippen LogP contribution in [-0.4, -0.2) is 17.4 Å². The number of hydrogen-bond acceptors (Lipinski definition) is 4. The topological polar surface area (TPSA) is 80.0 Å². The first-order valence-electron chi connectivity index (χ1n) is 5.48. The van der Waals surface area contributed by atoms with Crippen LogP contribution >= 0.6 is 15.9 Å². The fraction of sp³-hybridized carbons (Fsp3) is 0.455. The van der Waals surface area contributed by atoms with Gasteiger partial charge in [0.25, 0.3) is 5.91 Å². The second-order valence-corrected chi connectivity index (χ2v) is 4.83. The molecule has 1 rings (SSSR count). The Morgan fingerprint density at radius 3 is 2.94 bits per heavy atom. The van der Waals surface area contributed by atoms with Crippen molar-refractivity contribution in [3.63, 3.8) is 0 Å². The molecule has 1 unspecified atom stereocenters. The number of nitrogens with two attached hydrogens (primary N) is 1. The normalized spacial score (nSPS) is 12.0. The van der Waals surface area contributed by atoms with E-state index in [0.29, 0.717) is 23.8 Å². The molecule has 6 heteroatoms. The molecule has 0 saturated carbocycles. The van der Waals surface area contributed by atoms with E-state index in [9.17, 15) is 4.79 Å². The number of aromatic nitrogens is 1. The molecule has 1 heterocycles. The number of nitrogens with zero attached hydrogens (tertiary/aromatic N) is 1. The van der Waals surface area contributed by atoms with E-state index in [1.54, 1.807) is 12.3 Å². The SMILES string of the molecule is CCC(C)CNC(=O)c1cc(Br)cnc1NN. The second-order valence-electron chi connectivity index (χ2n) is 3.92. The van der Waals surface area contributed by atoms with E-state index < -0.39 is 0 Å². The lowest BCUT2D eigenvalue weighted by molar-refractivity contribution is 0.0948. The highest BCUT2D eigenvalue weighted by molar-refractivity contribution is 9.10. The predicted octanol–water partition coefficient (Wildman–Crippen LogP) is 1.91. The zero-order valence-corrected chi connectivity index (χ0v) is 11.5. The number of hydrogen-bond donors (Lipinski definition) is 3. The van der Waals surface area contributed by atoms with Crippen LogP contribution in [0.2, 0.25) is 0 Å². The molecule has 0 spiro atoms. The Kier molecular flexibility index (Phi) is 5.37. The average molecular weight is 301 g/mol. The summed E-state index contributed by atoms with van der Waals surface area (Å²) < 4.78 is 0.741. The summed E-state index contributed by atoms with van der Waals surface area (Å²) in [4.78, 5) is 16.0. The van der Waals surface area contributed by atoms with Gasteiger partial charge in [-0.1, -0.05) is 20.3 Å². The largest absolute Gasteiger partial charge is 0.352 e. The summed E-state index contributed by atoms with van der Waals surface area (Å²) in [6.07, 6.45) is 2.61. The maximum absolute atomic E-state index is 11.9. The van der Waals surface area contributed by atoms with Gasteiger partial charge in [0.1, 0.15) is 0 Å². The molecular formula is C11H17BrN4O. The zero-order valence-electron chi connectivity index (χ0n) is 9.96. The summed E-state index contributed by atoms with van der Waals surface area (Å²) in [5.41, 5.74) is 2.85. The molecule has 0 aliphatic heterocycles. The van der Waals surface area contributed by atoms with Gasteiger partial charge in [-0.25, -0.2) is 10.8 Å². The van der Waals surface area contributed by atoms with Crippen LogP contribution < -0.4 is 16.6 Å². The number of halogens is 1. The molecule has 0 aliphatic carbocycles. The van der Waals surface area contributed by atoms with E-state index >= 15 is 0 Å². The third-order valence-corrected chi connectivity index (χ3v) is 2.98. The van der Waals surface area contributed by atoms with Gasteiger partial charge in [-0.05, 0) is 27.9 Å². The Hall–Kier alpha value is -1.14. The smallest absolute Gasteiger partial charge is 0.255 e. The summed E-state index contributed by atoms with van der Waals surface area (Å²) in [5, 5.41) is 2.86. The van der Waals surface area contributed by atoms with E-state index in [1.165, 1.54) is 0 Å². The van der Waals surface area contributed by atoms with Crippen molar-refractivity contribution < 1.29 is 4.79 Å². The van der Waals surface area contributed by atoms with Crippen molar-refractivity contribution in [3.05, 3.63) is 22.3 Å². The molecule has 17 heavy (non-hydrogen) atoms. The first-order chi connectivity index (χ1) is 8.08. The average Bonchev–Trinajstić information content (AvgIpc) is 2.35. The molecule has 4 N–H and O–H groups in total. The lowest BCUT2D eigenvalue weighted by atomic mass is 10.1. The van der Waals surface area contributed by atoms with Crippen molar-refractivity contribution in [3.8, 4) is 0 Å². The van der Waals surface area contributed by atoms with Crippen LogP contribution in [0.5, 0.6) is 0 Å². The molecular weight excluding hydrogens is 284 g/mol. The number of hydrazine groups is 1. The minimum atomic E-state index is -0.174. The Balaban J connectivity index is 2.77. The maximum atomic E-state index is 11.9. The predicted molar refractivity (Wildman–Crippen MR) is 71.5 cm³/mol. The number of anilines is 1. The molecule has 0 saturated heterocycles. The van der Waals surface area contributed by atoms with Gasteiger partial charge < -0.3 is 10.7 Å². The second kappa shape index (κ2) is 6.56. The number of amides is 1. The van der Waals surface area contributed by atoms with E-state index in [4.69, 9.17) is 5.84 Å². The van der Waals surface area contributed by atoms with Gasteiger partial charge in [0, 0.05) is 17.2 Å². The third kappa shape index (κ3) is 3.98. The number of carbonyl (C=O) groups excluding carboxylic acids is 1. The summed E-state index contributed by atoms with van der Waals surface area (Å²) in [7, 11) is 0. The van der Waals surface area contributed by atoms with Gasteiger partial charge in [-0.15, -0.1) is 0 Å². The van der Waals surface area contributed by atoms with E-state index in [2.05, 4.69) is 45.5 Å². The molecule has 1 aromatic heterocycles. The summed E-state index contributed by atoms with van der Waals surface area (Å²) in [6.45, 7) is 4.82. The molecule has 0 bridgehead atoms. The first-order valence-corrected chi connectivity index (χ1v) is 6.28. The zero-order chi connectivity index (χ0) is 12.8. The number of rotatable bonds is 5. The fourth-order valence-electron chi connectivity index (χ4n) is 1.23. The molecule has 1 amide bonds. The van der Waals surface area contributed by atoms with Crippen LogP contribution in [0.1, 0.15) is 30.6 Å². The Morgan fingerprint density at radius 1 is 1.65 bits per heavy atom. The minimum absolute atomic E-state index is 0.174.